The Kier molecular flexibility index (Phi) is 8.10. The lowest BCUT2D eigenvalue weighted by atomic mass is 9.81. The van der Waals surface area contributed by atoms with Crippen LogP contribution in [0.5, 0.6) is 0 Å². The summed E-state index contributed by atoms with van der Waals surface area (Å²) in [6, 6.07) is 14.1. The minimum absolute atomic E-state index is 0.0231. The molecular weight excluding hydrogens is 521 g/mol. The summed E-state index contributed by atoms with van der Waals surface area (Å²) in [5.41, 5.74) is 0.366. The predicted molar refractivity (Wildman–Crippen MR) is 138 cm³/mol. The van der Waals surface area contributed by atoms with Crippen LogP contribution in [0.1, 0.15) is 56.7 Å². The lowest BCUT2D eigenvalue weighted by molar-refractivity contribution is -0.217. The highest BCUT2D eigenvalue weighted by Gasteiger charge is 2.51. The first kappa shape index (κ1) is 27.6. The number of nitrogens with zero attached hydrogens (tertiary/aromatic N) is 2. The van der Waals surface area contributed by atoms with Crippen molar-refractivity contribution in [2.24, 2.45) is 0 Å². The van der Waals surface area contributed by atoms with E-state index in [1.807, 2.05) is 38.1 Å². The summed E-state index contributed by atoms with van der Waals surface area (Å²) in [4.78, 5) is 34.2. The molecule has 1 saturated carbocycles. The van der Waals surface area contributed by atoms with E-state index in [4.69, 9.17) is 16.3 Å². The van der Waals surface area contributed by atoms with Crippen molar-refractivity contribution in [3.8, 4) is 0 Å². The van der Waals surface area contributed by atoms with Crippen LogP contribution in [-0.4, -0.2) is 39.7 Å². The lowest BCUT2D eigenvalue weighted by Gasteiger charge is -2.38. The Balaban J connectivity index is 1.50. The quantitative estimate of drug-likeness (QED) is 0.356. The number of para-hydroxylation sites is 1. The van der Waals surface area contributed by atoms with Crippen LogP contribution in [0.2, 0.25) is 5.02 Å². The van der Waals surface area contributed by atoms with E-state index in [0.717, 1.165) is 16.6 Å². The van der Waals surface area contributed by atoms with Crippen molar-refractivity contribution in [2.75, 3.05) is 5.32 Å². The number of anilines is 1. The van der Waals surface area contributed by atoms with Crippen LogP contribution in [0.4, 0.5) is 19.1 Å². The topological polar surface area (TPSA) is 93.2 Å². The van der Waals surface area contributed by atoms with Gasteiger partial charge in [-0.15, -0.1) is 0 Å². The van der Waals surface area contributed by atoms with Gasteiger partial charge in [0.25, 0.3) is 5.91 Å². The third-order valence-electron chi connectivity index (χ3n) is 6.58. The molecule has 0 radical (unpaired) electrons. The maximum atomic E-state index is 13.1. The number of amides is 1. The summed E-state index contributed by atoms with van der Waals surface area (Å²) in [5.74, 6) is -2.62. The number of aromatic nitrogens is 2. The highest BCUT2D eigenvalue weighted by Crippen LogP contribution is 2.36. The van der Waals surface area contributed by atoms with Gasteiger partial charge in [-0.2, -0.15) is 13.2 Å². The molecule has 0 spiro atoms. The number of hydrogen-bond acceptors (Lipinski definition) is 6. The first-order chi connectivity index (χ1) is 18.0. The van der Waals surface area contributed by atoms with Crippen molar-refractivity contribution in [1.29, 1.82) is 0 Å². The van der Waals surface area contributed by atoms with Crippen molar-refractivity contribution < 1.29 is 27.5 Å². The van der Waals surface area contributed by atoms with Crippen molar-refractivity contribution in [2.45, 2.75) is 69.8 Å². The van der Waals surface area contributed by atoms with Crippen LogP contribution < -0.4 is 10.6 Å². The molecule has 0 bridgehead atoms. The number of carbonyl (C=O) groups is 2. The number of nitrogens with one attached hydrogen (secondary N) is 2. The van der Waals surface area contributed by atoms with Gasteiger partial charge < -0.3 is 15.4 Å². The zero-order valence-corrected chi connectivity index (χ0v) is 21.7. The smallest absolute Gasteiger partial charge is 0.442 e. The molecule has 1 aromatic heterocycles. The Morgan fingerprint density at radius 3 is 2.47 bits per heavy atom. The number of carbonyl (C=O) groups excluding carboxylic acids is 2. The SMILES string of the molecule is CC(C)c1nc(NC2CCC(OC(=O)C(F)(F)F)(C(=O)NCc3cccc(Cl)c3)CC2)nc2ccccc12. The molecule has 1 amide bonds. The van der Waals surface area contributed by atoms with Gasteiger partial charge in [0.05, 0.1) is 11.2 Å². The van der Waals surface area contributed by atoms with Crippen LogP contribution in [0.3, 0.4) is 0 Å². The molecule has 1 heterocycles. The summed E-state index contributed by atoms with van der Waals surface area (Å²) in [6.07, 6.45) is -4.88. The van der Waals surface area contributed by atoms with E-state index in [1.165, 1.54) is 0 Å². The third kappa shape index (κ3) is 6.35. The minimum Gasteiger partial charge on any atom is -0.442 e. The van der Waals surface area contributed by atoms with Gasteiger partial charge in [-0.25, -0.2) is 14.8 Å². The van der Waals surface area contributed by atoms with Gasteiger partial charge >= 0.3 is 12.1 Å². The lowest BCUT2D eigenvalue weighted by Crippen LogP contribution is -2.54. The standard InChI is InChI=1S/C27H28ClF3N4O3/c1-16(2)22-20-8-3-4-9-21(20)34-25(35-22)33-19-10-12-26(13-11-19,38-24(37)27(29,30)31)23(36)32-15-17-6-5-7-18(28)14-17/h3-9,14,16,19H,10-13,15H2,1-2H3,(H,32,36)(H,33,34,35). The molecule has 11 heteroatoms. The zero-order valence-electron chi connectivity index (χ0n) is 20.9. The molecule has 0 unspecified atom stereocenters. The van der Waals surface area contributed by atoms with Crippen molar-refractivity contribution in [3.05, 3.63) is 64.8 Å². The number of rotatable bonds is 7. The number of halogens is 4. The maximum absolute atomic E-state index is 13.1. The molecule has 0 atom stereocenters. The fraction of sp³-hybridized carbons (Fsp3) is 0.407. The van der Waals surface area contributed by atoms with Gasteiger partial charge in [-0.3, -0.25) is 4.79 Å². The highest BCUT2D eigenvalue weighted by molar-refractivity contribution is 6.30. The molecule has 1 fully saturated rings. The van der Waals surface area contributed by atoms with Crippen LogP contribution in [0, 0.1) is 0 Å². The second-order valence-corrected chi connectivity index (χ2v) is 10.2. The van der Waals surface area contributed by atoms with E-state index in [9.17, 15) is 22.8 Å². The average molecular weight is 549 g/mol. The molecule has 2 aromatic carbocycles. The average Bonchev–Trinajstić information content (AvgIpc) is 2.87. The molecule has 4 rings (SSSR count). The molecule has 0 aliphatic heterocycles. The van der Waals surface area contributed by atoms with Gasteiger partial charge in [0.15, 0.2) is 5.60 Å². The molecule has 1 aliphatic carbocycles. The Bertz CT molecular complexity index is 1320. The minimum atomic E-state index is -5.22. The van der Waals surface area contributed by atoms with E-state index in [2.05, 4.69) is 20.6 Å². The molecule has 0 saturated heterocycles. The van der Waals surface area contributed by atoms with Crippen molar-refractivity contribution in [3.63, 3.8) is 0 Å². The zero-order chi connectivity index (χ0) is 27.5. The summed E-state index contributed by atoms with van der Waals surface area (Å²) < 4.78 is 44.1. The molecule has 1 aliphatic rings. The monoisotopic (exact) mass is 548 g/mol. The van der Waals surface area contributed by atoms with E-state index >= 15 is 0 Å². The summed E-state index contributed by atoms with van der Waals surface area (Å²) in [5, 5.41) is 7.28. The Morgan fingerprint density at radius 1 is 1.11 bits per heavy atom. The first-order valence-electron chi connectivity index (χ1n) is 12.3. The second-order valence-electron chi connectivity index (χ2n) is 9.72. The van der Waals surface area contributed by atoms with Gasteiger partial charge in [0.2, 0.25) is 5.95 Å². The van der Waals surface area contributed by atoms with Gasteiger partial charge in [0.1, 0.15) is 0 Å². The number of alkyl halides is 3. The predicted octanol–water partition coefficient (Wildman–Crippen LogP) is 5.92. The number of ether oxygens (including phenoxy) is 1. The molecular formula is C27H28ClF3N4O3. The van der Waals surface area contributed by atoms with Gasteiger partial charge in [-0.05, 0) is 55.4 Å². The van der Waals surface area contributed by atoms with Gasteiger partial charge in [-0.1, -0.05) is 55.8 Å². The van der Waals surface area contributed by atoms with Crippen LogP contribution in [-0.2, 0) is 20.9 Å². The second kappa shape index (κ2) is 11.1. The van der Waals surface area contributed by atoms with E-state index in [-0.39, 0.29) is 44.2 Å². The summed E-state index contributed by atoms with van der Waals surface area (Å²) >= 11 is 5.97. The molecule has 38 heavy (non-hydrogen) atoms. The number of fused-ring (bicyclic) bond motifs is 1. The van der Waals surface area contributed by atoms with Crippen LogP contribution >= 0.6 is 11.6 Å². The maximum Gasteiger partial charge on any atom is 0.490 e. The van der Waals surface area contributed by atoms with Crippen molar-refractivity contribution in [1.82, 2.24) is 15.3 Å². The Labute approximate surface area is 223 Å². The molecule has 2 N–H and O–H groups in total. The van der Waals surface area contributed by atoms with Gasteiger partial charge in [0, 0.05) is 23.0 Å². The van der Waals surface area contributed by atoms with Crippen molar-refractivity contribution >= 4 is 40.3 Å². The van der Waals surface area contributed by atoms with E-state index in [0.29, 0.717) is 16.5 Å². The Morgan fingerprint density at radius 2 is 1.82 bits per heavy atom. The summed E-state index contributed by atoms with van der Waals surface area (Å²) in [7, 11) is 0. The number of benzene rings is 2. The molecule has 202 valence electrons. The third-order valence-corrected chi connectivity index (χ3v) is 6.82. The van der Waals surface area contributed by atoms with Crippen LogP contribution in [0.15, 0.2) is 48.5 Å². The summed E-state index contributed by atoms with van der Waals surface area (Å²) in [6.45, 7) is 4.09. The van der Waals surface area contributed by atoms with Crippen LogP contribution in [0.25, 0.3) is 10.9 Å². The highest BCUT2D eigenvalue weighted by atomic mass is 35.5. The van der Waals surface area contributed by atoms with E-state index < -0.39 is 23.7 Å². The fourth-order valence-corrected chi connectivity index (χ4v) is 4.83. The molecule has 3 aromatic rings. The van der Waals surface area contributed by atoms with E-state index in [1.54, 1.807) is 24.3 Å². The fourth-order valence-electron chi connectivity index (χ4n) is 4.62. The molecule has 7 nitrogen and oxygen atoms in total. The Hall–Kier alpha value is -3.40. The normalized spacial score (nSPS) is 19.8. The largest absolute Gasteiger partial charge is 0.490 e. The number of esters is 1. The number of hydrogen-bond donors (Lipinski definition) is 2. The first-order valence-corrected chi connectivity index (χ1v) is 12.7.